The molecule has 0 fully saturated rings. The van der Waals surface area contributed by atoms with E-state index in [-0.39, 0.29) is 30.8 Å². The van der Waals surface area contributed by atoms with Gasteiger partial charge >= 0.3 is 0 Å². The summed E-state index contributed by atoms with van der Waals surface area (Å²) in [5.74, 6) is -0.158. The van der Waals surface area contributed by atoms with Gasteiger partial charge in [-0.2, -0.15) is 0 Å². The van der Waals surface area contributed by atoms with Crippen molar-refractivity contribution in [1.29, 1.82) is 0 Å². The summed E-state index contributed by atoms with van der Waals surface area (Å²) in [5, 5.41) is 5.88. The molecule has 0 aromatic heterocycles. The molecule has 1 aliphatic heterocycles. The van der Waals surface area contributed by atoms with Gasteiger partial charge in [0.2, 0.25) is 0 Å². The third kappa shape index (κ3) is 4.99. The molecular weight excluding hydrogens is 341 g/mol. The van der Waals surface area contributed by atoms with Crippen LogP contribution in [0.1, 0.15) is 24.2 Å². The molecule has 8 heteroatoms. The molecule has 0 saturated carbocycles. The molecule has 6 nitrogen and oxygen atoms in total. The van der Waals surface area contributed by atoms with Gasteiger partial charge in [0.05, 0.1) is 11.3 Å². The lowest BCUT2D eigenvalue weighted by molar-refractivity contribution is -0.118. The Balaban J connectivity index is 0.00000264. The fraction of sp³-hybridized carbons (Fsp3) is 0.467. The zero-order valence-electron chi connectivity index (χ0n) is 13.1. The molecule has 1 aliphatic rings. The Morgan fingerprint density at radius 2 is 2.09 bits per heavy atom. The van der Waals surface area contributed by atoms with E-state index in [4.69, 9.17) is 16.3 Å². The highest BCUT2D eigenvalue weighted by molar-refractivity contribution is 6.31. The van der Waals surface area contributed by atoms with Gasteiger partial charge in [-0.05, 0) is 25.2 Å². The molecule has 0 spiro atoms. The minimum absolute atomic E-state index is 0. The number of likely N-dealkylation sites (N-methyl/N-ethyl adjacent to an activating group) is 1. The minimum Gasteiger partial charge on any atom is -0.481 e. The first-order valence-corrected chi connectivity index (χ1v) is 7.69. The van der Waals surface area contributed by atoms with Gasteiger partial charge in [0, 0.05) is 18.1 Å². The highest BCUT2D eigenvalue weighted by Gasteiger charge is 2.23. The molecule has 23 heavy (non-hydrogen) atoms. The molecule has 0 bridgehead atoms. The molecular formula is C15H21Cl2N3O3. The summed E-state index contributed by atoms with van der Waals surface area (Å²) < 4.78 is 5.37. The Labute approximate surface area is 146 Å². The molecule has 128 valence electrons. The third-order valence-corrected chi connectivity index (χ3v) is 3.75. The number of halogens is 2. The van der Waals surface area contributed by atoms with E-state index in [9.17, 15) is 9.59 Å². The second kappa shape index (κ2) is 8.96. The van der Waals surface area contributed by atoms with Gasteiger partial charge in [-0.3, -0.25) is 9.59 Å². The van der Waals surface area contributed by atoms with Crippen LogP contribution in [0.5, 0.6) is 5.75 Å². The maximum Gasteiger partial charge on any atom is 0.262 e. The predicted octanol–water partition coefficient (Wildman–Crippen LogP) is 2.16. The number of nitrogens with one attached hydrogen (secondary N) is 2. The Hall–Kier alpha value is -1.50. The van der Waals surface area contributed by atoms with E-state index in [0.717, 1.165) is 19.6 Å². The van der Waals surface area contributed by atoms with E-state index in [1.54, 1.807) is 12.1 Å². The van der Waals surface area contributed by atoms with Crippen LogP contribution in [-0.2, 0) is 4.79 Å². The van der Waals surface area contributed by atoms with Crippen LogP contribution in [0.25, 0.3) is 0 Å². The van der Waals surface area contributed by atoms with Crippen LogP contribution in [0.2, 0.25) is 5.02 Å². The number of carbonyl (C=O) groups excluding carboxylic acids is 2. The van der Waals surface area contributed by atoms with Crippen molar-refractivity contribution in [2.24, 2.45) is 0 Å². The zero-order valence-corrected chi connectivity index (χ0v) is 14.7. The van der Waals surface area contributed by atoms with Gasteiger partial charge in [-0.15, -0.1) is 12.4 Å². The minimum atomic E-state index is -0.262. The van der Waals surface area contributed by atoms with Crippen molar-refractivity contribution < 1.29 is 14.3 Å². The standard InChI is InChI=1S/C15H20ClN3O3.ClH/c1-3-19(4-2)6-5-17-15(21)11-7-10(16)8-12-14(11)22-9-13(20)18-12;/h7-8H,3-6,9H2,1-2H3,(H,17,21)(H,18,20);1H. The molecule has 0 unspecified atom stereocenters. The summed E-state index contributed by atoms with van der Waals surface area (Å²) in [7, 11) is 0. The number of anilines is 1. The second-order valence-corrected chi connectivity index (χ2v) is 5.39. The lowest BCUT2D eigenvalue weighted by Crippen LogP contribution is -2.35. The van der Waals surface area contributed by atoms with E-state index in [0.29, 0.717) is 28.6 Å². The van der Waals surface area contributed by atoms with Crippen molar-refractivity contribution in [2.75, 3.05) is 38.1 Å². The maximum absolute atomic E-state index is 12.3. The van der Waals surface area contributed by atoms with Crippen LogP contribution in [0.4, 0.5) is 5.69 Å². The van der Waals surface area contributed by atoms with Crippen molar-refractivity contribution in [1.82, 2.24) is 10.2 Å². The number of amides is 2. The fourth-order valence-corrected chi connectivity index (χ4v) is 2.52. The molecule has 0 radical (unpaired) electrons. The monoisotopic (exact) mass is 361 g/mol. The second-order valence-electron chi connectivity index (χ2n) is 4.95. The first kappa shape index (κ1) is 19.5. The highest BCUT2D eigenvalue weighted by Crippen LogP contribution is 2.34. The molecule has 1 aromatic carbocycles. The molecule has 0 aliphatic carbocycles. The summed E-state index contributed by atoms with van der Waals surface area (Å²) in [6.07, 6.45) is 0. The lowest BCUT2D eigenvalue weighted by Gasteiger charge is -2.21. The van der Waals surface area contributed by atoms with E-state index in [1.165, 1.54) is 0 Å². The van der Waals surface area contributed by atoms with E-state index < -0.39 is 0 Å². The first-order chi connectivity index (χ1) is 10.5. The van der Waals surface area contributed by atoms with Crippen molar-refractivity contribution in [2.45, 2.75) is 13.8 Å². The number of hydrogen-bond donors (Lipinski definition) is 2. The number of nitrogens with zero attached hydrogens (tertiary/aromatic N) is 1. The Morgan fingerprint density at radius 3 is 2.74 bits per heavy atom. The number of hydrogen-bond acceptors (Lipinski definition) is 4. The third-order valence-electron chi connectivity index (χ3n) is 3.53. The van der Waals surface area contributed by atoms with Gasteiger partial charge in [0.15, 0.2) is 12.4 Å². The van der Waals surface area contributed by atoms with Gasteiger partial charge in [-0.1, -0.05) is 25.4 Å². The van der Waals surface area contributed by atoms with Crippen LogP contribution >= 0.6 is 24.0 Å². The molecule has 2 amide bonds. The Bertz CT molecular complexity index is 577. The van der Waals surface area contributed by atoms with Crippen LogP contribution < -0.4 is 15.4 Å². The average Bonchev–Trinajstić information content (AvgIpc) is 2.50. The van der Waals surface area contributed by atoms with Crippen LogP contribution in [0.3, 0.4) is 0 Å². The van der Waals surface area contributed by atoms with Gasteiger partial charge in [-0.25, -0.2) is 0 Å². The topological polar surface area (TPSA) is 70.7 Å². The molecule has 2 rings (SSSR count). The fourth-order valence-electron chi connectivity index (χ4n) is 2.30. The molecule has 1 heterocycles. The van der Waals surface area contributed by atoms with Crippen molar-refractivity contribution in [3.8, 4) is 5.75 Å². The molecule has 1 aromatic rings. The summed E-state index contributed by atoms with van der Waals surface area (Å²) in [6.45, 7) is 7.24. The smallest absolute Gasteiger partial charge is 0.262 e. The maximum atomic E-state index is 12.3. The van der Waals surface area contributed by atoms with E-state index in [2.05, 4.69) is 29.4 Å². The highest BCUT2D eigenvalue weighted by atomic mass is 35.5. The van der Waals surface area contributed by atoms with Gasteiger partial charge < -0.3 is 20.3 Å². The van der Waals surface area contributed by atoms with Crippen LogP contribution in [0, 0.1) is 0 Å². The summed E-state index contributed by atoms with van der Waals surface area (Å²) >= 11 is 6.01. The van der Waals surface area contributed by atoms with Gasteiger partial charge in [0.25, 0.3) is 11.8 Å². The average molecular weight is 362 g/mol. The number of fused-ring (bicyclic) bond motifs is 1. The number of carbonyl (C=O) groups is 2. The normalized spacial score (nSPS) is 12.8. The molecule has 0 atom stereocenters. The quantitative estimate of drug-likeness (QED) is 0.814. The van der Waals surface area contributed by atoms with E-state index in [1.807, 2.05) is 0 Å². The largest absolute Gasteiger partial charge is 0.481 e. The molecule has 0 saturated heterocycles. The van der Waals surface area contributed by atoms with Crippen LogP contribution in [0.15, 0.2) is 12.1 Å². The van der Waals surface area contributed by atoms with Crippen LogP contribution in [-0.4, -0.2) is 49.5 Å². The SMILES string of the molecule is CCN(CC)CCNC(=O)c1cc(Cl)cc2c1OCC(=O)N2.Cl. The Morgan fingerprint density at radius 1 is 1.39 bits per heavy atom. The predicted molar refractivity (Wildman–Crippen MR) is 92.9 cm³/mol. The number of benzene rings is 1. The lowest BCUT2D eigenvalue weighted by atomic mass is 10.1. The summed E-state index contributed by atoms with van der Waals surface area (Å²) in [5.41, 5.74) is 0.764. The zero-order chi connectivity index (χ0) is 16.1. The molecule has 2 N–H and O–H groups in total. The van der Waals surface area contributed by atoms with Crippen molar-refractivity contribution in [3.63, 3.8) is 0 Å². The first-order valence-electron chi connectivity index (χ1n) is 7.31. The van der Waals surface area contributed by atoms with Gasteiger partial charge in [0.1, 0.15) is 0 Å². The number of rotatable bonds is 6. The Kier molecular flexibility index (Phi) is 7.61. The van der Waals surface area contributed by atoms with Crippen molar-refractivity contribution >= 4 is 41.5 Å². The van der Waals surface area contributed by atoms with E-state index >= 15 is 0 Å². The number of ether oxygens (including phenoxy) is 1. The van der Waals surface area contributed by atoms with Crippen molar-refractivity contribution in [3.05, 3.63) is 22.7 Å². The summed E-state index contributed by atoms with van der Waals surface area (Å²) in [6, 6.07) is 3.12. The summed E-state index contributed by atoms with van der Waals surface area (Å²) in [4.78, 5) is 25.9.